The lowest BCUT2D eigenvalue weighted by molar-refractivity contribution is -0.145. The molecule has 182 valence electrons. The van der Waals surface area contributed by atoms with Crippen molar-refractivity contribution < 1.29 is 23.9 Å². The summed E-state index contributed by atoms with van der Waals surface area (Å²) in [7, 11) is 1.28. The average Bonchev–Trinajstić information content (AvgIpc) is 3.05. The number of esters is 1. The molecule has 0 aromatic heterocycles. The van der Waals surface area contributed by atoms with Gasteiger partial charge in [-0.15, -0.1) is 0 Å². The second-order valence-electron chi connectivity index (χ2n) is 9.65. The maximum absolute atomic E-state index is 13.2. The monoisotopic (exact) mass is 486 g/mol. The van der Waals surface area contributed by atoms with Crippen molar-refractivity contribution in [3.05, 3.63) is 70.2 Å². The Bertz CT molecular complexity index is 1060. The van der Waals surface area contributed by atoms with E-state index in [9.17, 15) is 14.4 Å². The zero-order valence-electron chi connectivity index (χ0n) is 20.2. The fourth-order valence-electron chi connectivity index (χ4n) is 4.20. The van der Waals surface area contributed by atoms with Gasteiger partial charge in [-0.05, 0) is 56.5 Å². The van der Waals surface area contributed by atoms with Gasteiger partial charge in [-0.1, -0.05) is 48.0 Å². The fraction of sp³-hybridized carbons (Fsp3) is 0.423. The summed E-state index contributed by atoms with van der Waals surface area (Å²) in [6.07, 6.45) is -0.291. The van der Waals surface area contributed by atoms with E-state index in [2.05, 4.69) is 5.32 Å². The molecular formula is C26H31ClN2O5. The molecule has 2 unspecified atom stereocenters. The average molecular weight is 487 g/mol. The third-order valence-corrected chi connectivity index (χ3v) is 6.07. The first-order valence-electron chi connectivity index (χ1n) is 11.1. The molecule has 0 radical (unpaired) electrons. The van der Waals surface area contributed by atoms with E-state index in [1.54, 1.807) is 49.9 Å². The van der Waals surface area contributed by atoms with Crippen molar-refractivity contribution in [1.29, 1.82) is 0 Å². The van der Waals surface area contributed by atoms with Crippen LogP contribution in [0.4, 0.5) is 4.79 Å². The minimum atomic E-state index is -0.941. The molecule has 0 saturated carbocycles. The first kappa shape index (κ1) is 25.6. The summed E-state index contributed by atoms with van der Waals surface area (Å²) >= 11 is 5.95. The SMILES string of the molecule is COC(=O)C(Cc1ccc(Cl)cc1)NC(=O)CC1(C)c2ccccc2CN1C(=O)OC(C)(C)C. The highest BCUT2D eigenvalue weighted by Crippen LogP contribution is 2.42. The number of rotatable bonds is 6. The molecule has 0 bridgehead atoms. The highest BCUT2D eigenvalue weighted by atomic mass is 35.5. The summed E-state index contributed by atoms with van der Waals surface area (Å²) in [6.45, 7) is 7.58. The molecule has 0 spiro atoms. The van der Waals surface area contributed by atoms with Gasteiger partial charge in [-0.2, -0.15) is 0 Å². The molecule has 34 heavy (non-hydrogen) atoms. The number of hydrogen-bond donors (Lipinski definition) is 1. The zero-order valence-corrected chi connectivity index (χ0v) is 20.9. The van der Waals surface area contributed by atoms with Crippen LogP contribution < -0.4 is 5.32 Å². The molecule has 1 heterocycles. The van der Waals surface area contributed by atoms with Gasteiger partial charge in [0.05, 0.1) is 25.6 Å². The number of nitrogens with zero attached hydrogens (tertiary/aromatic N) is 1. The molecule has 2 aromatic carbocycles. The normalized spacial score (nSPS) is 18.1. The van der Waals surface area contributed by atoms with E-state index >= 15 is 0 Å². The van der Waals surface area contributed by atoms with Crippen molar-refractivity contribution >= 4 is 29.6 Å². The molecule has 3 rings (SSSR count). The molecule has 1 aliphatic heterocycles. The van der Waals surface area contributed by atoms with Crippen LogP contribution in [0, 0.1) is 0 Å². The Hall–Kier alpha value is -3.06. The summed E-state index contributed by atoms with van der Waals surface area (Å²) in [4.78, 5) is 40.3. The van der Waals surface area contributed by atoms with Crippen molar-refractivity contribution in [3.63, 3.8) is 0 Å². The van der Waals surface area contributed by atoms with Crippen LogP contribution in [0.15, 0.2) is 48.5 Å². The summed E-state index contributed by atoms with van der Waals surface area (Å²) in [6, 6.07) is 13.8. The summed E-state index contributed by atoms with van der Waals surface area (Å²) < 4.78 is 10.5. The van der Waals surface area contributed by atoms with Gasteiger partial charge in [-0.25, -0.2) is 9.59 Å². The number of hydrogen-bond acceptors (Lipinski definition) is 5. The second-order valence-corrected chi connectivity index (χ2v) is 10.1. The van der Waals surface area contributed by atoms with Crippen LogP contribution in [0.3, 0.4) is 0 Å². The van der Waals surface area contributed by atoms with Gasteiger partial charge in [0.2, 0.25) is 5.91 Å². The molecule has 8 heteroatoms. The third-order valence-electron chi connectivity index (χ3n) is 5.81. The fourth-order valence-corrected chi connectivity index (χ4v) is 4.32. The number of carbonyl (C=O) groups excluding carboxylic acids is 3. The second kappa shape index (κ2) is 10.1. The Balaban J connectivity index is 1.82. The van der Waals surface area contributed by atoms with Crippen molar-refractivity contribution in [3.8, 4) is 0 Å². The first-order chi connectivity index (χ1) is 15.9. The predicted molar refractivity (Wildman–Crippen MR) is 129 cm³/mol. The van der Waals surface area contributed by atoms with E-state index in [0.717, 1.165) is 16.7 Å². The molecule has 2 aromatic rings. The molecule has 1 N–H and O–H groups in total. The minimum absolute atomic E-state index is 0.0443. The van der Waals surface area contributed by atoms with Crippen molar-refractivity contribution in [2.75, 3.05) is 7.11 Å². The minimum Gasteiger partial charge on any atom is -0.467 e. The van der Waals surface area contributed by atoms with Gasteiger partial charge in [0, 0.05) is 11.4 Å². The molecule has 0 saturated heterocycles. The van der Waals surface area contributed by atoms with Gasteiger partial charge < -0.3 is 14.8 Å². The maximum Gasteiger partial charge on any atom is 0.411 e. The standard InChI is InChI=1S/C26H31ClN2O5/c1-25(2,3)34-24(32)29-16-18-8-6-7-9-20(18)26(29,4)15-22(30)28-21(23(31)33-5)14-17-10-12-19(27)13-11-17/h6-13,21H,14-16H2,1-5H3,(H,28,30). The van der Waals surface area contributed by atoms with E-state index in [-0.39, 0.29) is 18.7 Å². The van der Waals surface area contributed by atoms with Gasteiger partial charge in [0.25, 0.3) is 0 Å². The van der Waals surface area contributed by atoms with E-state index in [1.165, 1.54) is 7.11 Å². The molecular weight excluding hydrogens is 456 g/mol. The number of halogens is 1. The van der Waals surface area contributed by atoms with E-state index < -0.39 is 29.2 Å². The Kier molecular flexibility index (Phi) is 7.56. The topological polar surface area (TPSA) is 84.9 Å². The third kappa shape index (κ3) is 5.89. The zero-order chi connectivity index (χ0) is 25.1. The molecule has 2 atom stereocenters. The Morgan fingerprint density at radius 1 is 1.12 bits per heavy atom. The Labute approximate surface area is 205 Å². The van der Waals surface area contributed by atoms with Gasteiger partial charge in [-0.3, -0.25) is 9.69 Å². The van der Waals surface area contributed by atoms with Gasteiger partial charge in [0.15, 0.2) is 0 Å². The lowest BCUT2D eigenvalue weighted by atomic mass is 9.88. The predicted octanol–water partition coefficient (Wildman–Crippen LogP) is 4.60. The van der Waals surface area contributed by atoms with Crippen LogP contribution in [-0.4, -0.2) is 41.6 Å². The lowest BCUT2D eigenvalue weighted by Gasteiger charge is -2.37. The Morgan fingerprint density at radius 3 is 2.38 bits per heavy atom. The molecule has 0 fully saturated rings. The van der Waals surface area contributed by atoms with Crippen LogP contribution in [0.2, 0.25) is 5.02 Å². The molecule has 2 amide bonds. The smallest absolute Gasteiger partial charge is 0.411 e. The summed E-state index contributed by atoms with van der Waals surface area (Å²) in [5.74, 6) is -0.929. The number of amides is 2. The highest BCUT2D eigenvalue weighted by molar-refractivity contribution is 6.30. The largest absolute Gasteiger partial charge is 0.467 e. The van der Waals surface area contributed by atoms with Crippen molar-refractivity contribution in [2.45, 2.75) is 64.3 Å². The summed E-state index contributed by atoms with van der Waals surface area (Å²) in [5, 5.41) is 3.38. The number of fused-ring (bicyclic) bond motifs is 1. The molecule has 7 nitrogen and oxygen atoms in total. The van der Waals surface area contributed by atoms with Crippen LogP contribution in [0.25, 0.3) is 0 Å². The van der Waals surface area contributed by atoms with Crippen LogP contribution >= 0.6 is 11.6 Å². The van der Waals surface area contributed by atoms with E-state index in [4.69, 9.17) is 21.1 Å². The number of carbonyl (C=O) groups is 3. The number of methoxy groups -OCH3 is 1. The van der Waals surface area contributed by atoms with Gasteiger partial charge in [0.1, 0.15) is 11.6 Å². The van der Waals surface area contributed by atoms with Gasteiger partial charge >= 0.3 is 12.1 Å². The number of ether oxygens (including phenoxy) is 2. The van der Waals surface area contributed by atoms with Crippen molar-refractivity contribution in [2.24, 2.45) is 0 Å². The molecule has 1 aliphatic rings. The van der Waals surface area contributed by atoms with Crippen LogP contribution in [-0.2, 0) is 37.6 Å². The van der Waals surface area contributed by atoms with Crippen LogP contribution in [0.5, 0.6) is 0 Å². The summed E-state index contributed by atoms with van der Waals surface area (Å²) in [5.41, 5.74) is 1.04. The maximum atomic E-state index is 13.2. The lowest BCUT2D eigenvalue weighted by Crippen LogP contribution is -2.50. The van der Waals surface area contributed by atoms with E-state index in [0.29, 0.717) is 11.6 Å². The molecule has 0 aliphatic carbocycles. The highest BCUT2D eigenvalue weighted by Gasteiger charge is 2.47. The van der Waals surface area contributed by atoms with Crippen LogP contribution in [0.1, 0.15) is 50.8 Å². The van der Waals surface area contributed by atoms with Crippen molar-refractivity contribution in [1.82, 2.24) is 10.2 Å². The Morgan fingerprint density at radius 2 is 1.76 bits per heavy atom. The number of nitrogens with one attached hydrogen (secondary N) is 1. The number of benzene rings is 2. The van der Waals surface area contributed by atoms with E-state index in [1.807, 2.05) is 31.2 Å². The first-order valence-corrected chi connectivity index (χ1v) is 11.5. The quantitative estimate of drug-likeness (QED) is 0.603.